The van der Waals surface area contributed by atoms with Gasteiger partial charge in [0, 0.05) is 19.6 Å². The van der Waals surface area contributed by atoms with Crippen LogP contribution in [0, 0.1) is 0 Å². The van der Waals surface area contributed by atoms with Gasteiger partial charge in [-0.3, -0.25) is 4.90 Å². The molecule has 1 aliphatic rings. The summed E-state index contributed by atoms with van der Waals surface area (Å²) in [5.41, 5.74) is 6.47. The van der Waals surface area contributed by atoms with Crippen LogP contribution in [0.15, 0.2) is 24.3 Å². The van der Waals surface area contributed by atoms with Gasteiger partial charge in [-0.25, -0.2) is 0 Å². The molecule has 1 fully saturated rings. The Bertz CT molecular complexity index is 400. The fourth-order valence-corrected chi connectivity index (χ4v) is 2.32. The number of para-hydroxylation sites is 2. The zero-order valence-corrected chi connectivity index (χ0v) is 11.3. The van der Waals surface area contributed by atoms with Gasteiger partial charge in [-0.05, 0) is 19.1 Å². The van der Waals surface area contributed by atoms with Gasteiger partial charge in [-0.1, -0.05) is 12.1 Å². The van der Waals surface area contributed by atoms with Crippen LogP contribution in [-0.2, 0) is 4.74 Å². The second-order valence-corrected chi connectivity index (χ2v) is 4.90. The van der Waals surface area contributed by atoms with Crippen molar-refractivity contribution in [2.75, 3.05) is 38.6 Å². The molecule has 106 valence electrons. The van der Waals surface area contributed by atoms with Gasteiger partial charge in [0.25, 0.3) is 0 Å². The van der Waals surface area contributed by atoms with Gasteiger partial charge in [0.05, 0.1) is 24.5 Å². The number of rotatable bonds is 5. The van der Waals surface area contributed by atoms with Crippen LogP contribution in [0.2, 0.25) is 0 Å². The molecule has 0 amide bonds. The fourth-order valence-electron chi connectivity index (χ4n) is 2.32. The number of nitrogens with zero attached hydrogens (tertiary/aromatic N) is 1. The lowest BCUT2D eigenvalue weighted by Crippen LogP contribution is -2.49. The van der Waals surface area contributed by atoms with Crippen molar-refractivity contribution in [1.82, 2.24) is 4.90 Å². The van der Waals surface area contributed by atoms with Gasteiger partial charge in [0.2, 0.25) is 0 Å². The molecular formula is C14H22N2O3. The largest absolute Gasteiger partial charge is 0.490 e. The topological polar surface area (TPSA) is 68.0 Å². The van der Waals surface area contributed by atoms with Crippen molar-refractivity contribution in [3.05, 3.63) is 24.3 Å². The number of aliphatic hydroxyl groups is 1. The van der Waals surface area contributed by atoms with Crippen LogP contribution in [-0.4, -0.2) is 55.1 Å². The van der Waals surface area contributed by atoms with E-state index >= 15 is 0 Å². The zero-order chi connectivity index (χ0) is 13.7. The predicted octanol–water partition coefficient (Wildman–Crippen LogP) is 0.729. The van der Waals surface area contributed by atoms with E-state index in [9.17, 15) is 0 Å². The maximum absolute atomic E-state index is 9.17. The first-order valence-corrected chi connectivity index (χ1v) is 6.65. The number of morpholine rings is 1. The molecule has 1 aromatic rings. The Morgan fingerprint density at radius 3 is 2.95 bits per heavy atom. The van der Waals surface area contributed by atoms with Crippen LogP contribution in [0.25, 0.3) is 0 Å². The van der Waals surface area contributed by atoms with Crippen molar-refractivity contribution >= 4 is 5.69 Å². The third-order valence-electron chi connectivity index (χ3n) is 3.19. The van der Waals surface area contributed by atoms with E-state index in [1.807, 2.05) is 31.2 Å². The number of hydrogen-bond acceptors (Lipinski definition) is 5. The normalized spacial score (nSPS) is 24.3. The molecule has 1 heterocycles. The lowest BCUT2D eigenvalue weighted by molar-refractivity contribution is -0.0965. The van der Waals surface area contributed by atoms with E-state index in [0.717, 1.165) is 25.4 Å². The van der Waals surface area contributed by atoms with Crippen molar-refractivity contribution in [3.63, 3.8) is 0 Å². The van der Waals surface area contributed by atoms with Crippen LogP contribution in [0.3, 0.4) is 0 Å². The van der Waals surface area contributed by atoms with Gasteiger partial charge in [0.15, 0.2) is 0 Å². The summed E-state index contributed by atoms with van der Waals surface area (Å²) in [6, 6.07) is 7.49. The van der Waals surface area contributed by atoms with E-state index in [0.29, 0.717) is 12.3 Å². The molecule has 1 aromatic carbocycles. The molecule has 1 saturated heterocycles. The average molecular weight is 266 g/mol. The Kier molecular flexibility index (Phi) is 5.01. The van der Waals surface area contributed by atoms with Crippen molar-refractivity contribution in [3.8, 4) is 5.75 Å². The number of nitrogens with two attached hydrogens (primary N) is 1. The van der Waals surface area contributed by atoms with Crippen molar-refractivity contribution in [2.24, 2.45) is 0 Å². The molecule has 3 N–H and O–H groups in total. The molecule has 0 aliphatic carbocycles. The van der Waals surface area contributed by atoms with Crippen LogP contribution in [0.5, 0.6) is 5.75 Å². The minimum Gasteiger partial charge on any atom is -0.490 e. The molecule has 1 aliphatic heterocycles. The van der Waals surface area contributed by atoms with Crippen LogP contribution < -0.4 is 10.5 Å². The fraction of sp³-hybridized carbons (Fsp3) is 0.571. The second kappa shape index (κ2) is 6.75. The second-order valence-electron chi connectivity index (χ2n) is 4.90. The van der Waals surface area contributed by atoms with E-state index in [1.54, 1.807) is 0 Å². The first kappa shape index (κ1) is 14.1. The standard InChI is InChI=1S/C14H22N2O3/c1-11-8-16(9-12(10-17)19-11)6-7-18-14-5-3-2-4-13(14)15/h2-5,11-12,17H,6-10,15H2,1H3. The molecule has 5 nitrogen and oxygen atoms in total. The monoisotopic (exact) mass is 266 g/mol. The van der Waals surface area contributed by atoms with Crippen molar-refractivity contribution in [1.29, 1.82) is 0 Å². The molecule has 0 saturated carbocycles. The number of ether oxygens (including phenoxy) is 2. The third-order valence-corrected chi connectivity index (χ3v) is 3.19. The molecule has 0 aromatic heterocycles. The highest BCUT2D eigenvalue weighted by Gasteiger charge is 2.24. The quantitative estimate of drug-likeness (QED) is 0.769. The number of aliphatic hydroxyl groups excluding tert-OH is 1. The maximum atomic E-state index is 9.17. The summed E-state index contributed by atoms with van der Waals surface area (Å²) >= 11 is 0. The third kappa shape index (κ3) is 4.09. The minimum atomic E-state index is -0.0921. The molecule has 2 unspecified atom stereocenters. The predicted molar refractivity (Wildman–Crippen MR) is 74.2 cm³/mol. The van der Waals surface area contributed by atoms with Crippen molar-refractivity contribution in [2.45, 2.75) is 19.1 Å². The number of anilines is 1. The molecule has 0 spiro atoms. The van der Waals surface area contributed by atoms with E-state index in [4.69, 9.17) is 20.3 Å². The summed E-state index contributed by atoms with van der Waals surface area (Å²) in [6.07, 6.45) is 0.0539. The molecule has 2 atom stereocenters. The van der Waals surface area contributed by atoms with Crippen LogP contribution in [0.1, 0.15) is 6.92 Å². The SMILES string of the molecule is CC1CN(CCOc2ccccc2N)CC(CO)O1. The number of hydrogen-bond donors (Lipinski definition) is 2. The molecular weight excluding hydrogens is 244 g/mol. The molecule has 0 bridgehead atoms. The van der Waals surface area contributed by atoms with E-state index in [-0.39, 0.29) is 18.8 Å². The lowest BCUT2D eigenvalue weighted by Gasteiger charge is -2.35. The first-order valence-electron chi connectivity index (χ1n) is 6.65. The van der Waals surface area contributed by atoms with Gasteiger partial charge >= 0.3 is 0 Å². The summed E-state index contributed by atoms with van der Waals surface area (Å²) in [6.45, 7) is 5.08. The molecule has 0 radical (unpaired) electrons. The maximum Gasteiger partial charge on any atom is 0.142 e. The Morgan fingerprint density at radius 1 is 1.42 bits per heavy atom. The summed E-state index contributed by atoms with van der Waals surface area (Å²) in [7, 11) is 0. The van der Waals surface area contributed by atoms with Gasteiger partial charge in [0.1, 0.15) is 12.4 Å². The molecule has 19 heavy (non-hydrogen) atoms. The zero-order valence-electron chi connectivity index (χ0n) is 11.3. The summed E-state index contributed by atoms with van der Waals surface area (Å²) in [5.74, 6) is 0.725. The molecule has 5 heteroatoms. The van der Waals surface area contributed by atoms with E-state index < -0.39 is 0 Å². The average Bonchev–Trinajstić information content (AvgIpc) is 2.40. The highest BCUT2D eigenvalue weighted by molar-refractivity contribution is 5.51. The van der Waals surface area contributed by atoms with Crippen molar-refractivity contribution < 1.29 is 14.6 Å². The van der Waals surface area contributed by atoms with Gasteiger partial charge in [-0.15, -0.1) is 0 Å². The summed E-state index contributed by atoms with van der Waals surface area (Å²) < 4.78 is 11.3. The first-order chi connectivity index (χ1) is 9.19. The Balaban J connectivity index is 1.78. The lowest BCUT2D eigenvalue weighted by atomic mass is 10.2. The Morgan fingerprint density at radius 2 is 2.21 bits per heavy atom. The van der Waals surface area contributed by atoms with Gasteiger partial charge < -0.3 is 20.3 Å². The Labute approximate surface area is 113 Å². The number of benzene rings is 1. The number of nitrogen functional groups attached to an aromatic ring is 1. The van der Waals surface area contributed by atoms with Gasteiger partial charge in [-0.2, -0.15) is 0 Å². The highest BCUT2D eigenvalue weighted by Crippen LogP contribution is 2.19. The molecule has 2 rings (SSSR count). The van der Waals surface area contributed by atoms with Crippen LogP contribution in [0.4, 0.5) is 5.69 Å². The smallest absolute Gasteiger partial charge is 0.142 e. The Hall–Kier alpha value is -1.30. The highest BCUT2D eigenvalue weighted by atomic mass is 16.5. The van der Waals surface area contributed by atoms with E-state index in [2.05, 4.69) is 4.90 Å². The summed E-state index contributed by atoms with van der Waals surface area (Å²) in [4.78, 5) is 2.24. The summed E-state index contributed by atoms with van der Waals surface area (Å²) in [5, 5.41) is 9.17. The minimum absolute atomic E-state index is 0.0628. The van der Waals surface area contributed by atoms with Crippen LogP contribution >= 0.6 is 0 Å². The van der Waals surface area contributed by atoms with E-state index in [1.165, 1.54) is 0 Å².